The van der Waals surface area contributed by atoms with Gasteiger partial charge in [0.05, 0.1) is 37.3 Å². The molecule has 2 aromatic carbocycles. The molecule has 0 amide bonds. The van der Waals surface area contributed by atoms with Crippen molar-refractivity contribution in [1.82, 2.24) is 4.90 Å². The summed E-state index contributed by atoms with van der Waals surface area (Å²) in [6, 6.07) is 4.44. The van der Waals surface area contributed by atoms with Gasteiger partial charge >= 0.3 is 0 Å². The Bertz CT molecular complexity index is 1280. The Morgan fingerprint density at radius 3 is 2.43 bits per heavy atom. The van der Waals surface area contributed by atoms with Crippen molar-refractivity contribution in [3.05, 3.63) is 46.3 Å². The molecule has 0 unspecified atom stereocenters. The molecule has 35 heavy (non-hydrogen) atoms. The van der Waals surface area contributed by atoms with Crippen molar-refractivity contribution >= 4 is 27.3 Å². The van der Waals surface area contributed by atoms with Crippen LogP contribution in [-0.4, -0.2) is 63.1 Å². The zero-order valence-corrected chi connectivity index (χ0v) is 21.3. The molecule has 0 spiro atoms. The summed E-state index contributed by atoms with van der Waals surface area (Å²) in [4.78, 5) is 14.6. The average molecular weight is 508 g/mol. The topological polar surface area (TPSA) is 120 Å². The maximum Gasteiger partial charge on any atom is 0.232 e. The van der Waals surface area contributed by atoms with E-state index in [4.69, 9.17) is 14.9 Å². The van der Waals surface area contributed by atoms with Crippen LogP contribution in [-0.2, 0) is 23.0 Å². The number of rotatable bonds is 10. The Balaban J connectivity index is 1.94. The van der Waals surface area contributed by atoms with E-state index >= 15 is 4.39 Å². The number of aromatic hydroxyl groups is 1. The first-order valence-corrected chi connectivity index (χ1v) is 13.1. The number of ketones is 1. The van der Waals surface area contributed by atoms with Gasteiger partial charge in [-0.2, -0.15) is 0 Å². The van der Waals surface area contributed by atoms with E-state index in [2.05, 4.69) is 0 Å². The molecular weight excluding hydrogens is 477 g/mol. The standard InChI is InChI=1S/C24H30FN3O6S/c1-6-14-9-15(10-17(22(14)30)27(4)35(5,31)32)18(29)13-28-12-16-11-19(33-7-2)23(34-8-3)21(25)20(16)24(28)26/h9-11,26,30H,6-8,12-13H2,1-5H3. The van der Waals surface area contributed by atoms with Crippen LogP contribution in [0.25, 0.3) is 0 Å². The van der Waals surface area contributed by atoms with Gasteiger partial charge in [0.15, 0.2) is 23.1 Å². The lowest BCUT2D eigenvalue weighted by molar-refractivity contribution is 0.0962. The number of halogens is 1. The lowest BCUT2D eigenvalue weighted by Crippen LogP contribution is -2.31. The number of ether oxygens (including phenoxy) is 2. The third-order valence-electron chi connectivity index (χ3n) is 5.81. The fourth-order valence-corrected chi connectivity index (χ4v) is 4.45. The summed E-state index contributed by atoms with van der Waals surface area (Å²) in [6.45, 7) is 5.67. The molecule has 0 atom stereocenters. The number of hydrogen-bond acceptors (Lipinski definition) is 7. The highest BCUT2D eigenvalue weighted by molar-refractivity contribution is 7.92. The molecule has 0 aliphatic carbocycles. The van der Waals surface area contributed by atoms with Crippen LogP contribution in [0.3, 0.4) is 0 Å². The Labute approximate surface area is 204 Å². The Kier molecular flexibility index (Phi) is 7.59. The molecule has 1 aliphatic rings. The van der Waals surface area contributed by atoms with Gasteiger partial charge in [-0.3, -0.25) is 14.5 Å². The van der Waals surface area contributed by atoms with E-state index < -0.39 is 21.6 Å². The average Bonchev–Trinajstić information content (AvgIpc) is 3.10. The third-order valence-corrected chi connectivity index (χ3v) is 7.01. The number of carbonyl (C=O) groups excluding carboxylic acids is 1. The molecule has 0 fully saturated rings. The second-order valence-corrected chi connectivity index (χ2v) is 10.1. The lowest BCUT2D eigenvalue weighted by atomic mass is 10.0. The first-order chi connectivity index (χ1) is 16.4. The maximum absolute atomic E-state index is 15.3. The number of fused-ring (bicyclic) bond motifs is 1. The van der Waals surface area contributed by atoms with E-state index in [9.17, 15) is 18.3 Å². The van der Waals surface area contributed by atoms with Crippen molar-refractivity contribution in [3.8, 4) is 17.2 Å². The van der Waals surface area contributed by atoms with E-state index in [-0.39, 0.29) is 59.6 Å². The van der Waals surface area contributed by atoms with E-state index in [1.54, 1.807) is 26.8 Å². The monoisotopic (exact) mass is 507 g/mol. The van der Waals surface area contributed by atoms with E-state index in [1.165, 1.54) is 24.1 Å². The minimum absolute atomic E-state index is 0.0104. The van der Waals surface area contributed by atoms with Gasteiger partial charge in [-0.05, 0) is 49.6 Å². The second-order valence-electron chi connectivity index (χ2n) is 8.13. The Morgan fingerprint density at radius 1 is 1.20 bits per heavy atom. The van der Waals surface area contributed by atoms with Gasteiger partial charge < -0.3 is 19.5 Å². The summed E-state index contributed by atoms with van der Waals surface area (Å²) >= 11 is 0. The van der Waals surface area contributed by atoms with E-state index in [0.29, 0.717) is 24.2 Å². The van der Waals surface area contributed by atoms with Crippen LogP contribution in [0, 0.1) is 11.2 Å². The van der Waals surface area contributed by atoms with Gasteiger partial charge in [0.25, 0.3) is 0 Å². The fourth-order valence-electron chi connectivity index (χ4n) is 3.95. The molecule has 0 radical (unpaired) electrons. The molecule has 0 aromatic heterocycles. The quantitative estimate of drug-likeness (QED) is 0.474. The van der Waals surface area contributed by atoms with Gasteiger partial charge in [0.1, 0.15) is 11.6 Å². The fraction of sp³-hybridized carbons (Fsp3) is 0.417. The number of benzene rings is 2. The number of amidine groups is 1. The van der Waals surface area contributed by atoms with Gasteiger partial charge in [0, 0.05) is 19.2 Å². The summed E-state index contributed by atoms with van der Waals surface area (Å²) in [5.41, 5.74) is 1.14. The van der Waals surface area contributed by atoms with Crippen molar-refractivity contribution in [2.24, 2.45) is 0 Å². The summed E-state index contributed by atoms with van der Waals surface area (Å²) < 4.78 is 51.2. The minimum atomic E-state index is -3.68. The van der Waals surface area contributed by atoms with Crippen LogP contribution in [0.2, 0.25) is 0 Å². The van der Waals surface area contributed by atoms with Crippen LogP contribution in [0.1, 0.15) is 47.8 Å². The molecule has 1 heterocycles. The Hall–Kier alpha value is -3.34. The van der Waals surface area contributed by atoms with Crippen molar-refractivity contribution in [2.45, 2.75) is 33.7 Å². The number of hydrogen-bond donors (Lipinski definition) is 2. The highest BCUT2D eigenvalue weighted by Gasteiger charge is 2.33. The summed E-state index contributed by atoms with van der Waals surface area (Å²) in [5, 5.41) is 19.0. The molecule has 1 aliphatic heterocycles. The van der Waals surface area contributed by atoms with Crippen molar-refractivity contribution < 1.29 is 32.2 Å². The maximum atomic E-state index is 15.3. The summed E-state index contributed by atoms with van der Waals surface area (Å²) in [5.74, 6) is -1.31. The van der Waals surface area contributed by atoms with E-state index in [1.807, 2.05) is 0 Å². The van der Waals surface area contributed by atoms with E-state index in [0.717, 1.165) is 10.6 Å². The number of anilines is 1. The first-order valence-electron chi connectivity index (χ1n) is 11.2. The Morgan fingerprint density at radius 2 is 1.86 bits per heavy atom. The largest absolute Gasteiger partial charge is 0.505 e. The number of phenolic OH excluding ortho intramolecular Hbond substituents is 1. The van der Waals surface area contributed by atoms with Gasteiger partial charge in [-0.15, -0.1) is 0 Å². The zero-order chi connectivity index (χ0) is 26.1. The molecule has 0 bridgehead atoms. The number of nitrogens with zero attached hydrogens (tertiary/aromatic N) is 2. The van der Waals surface area contributed by atoms with Crippen molar-refractivity contribution in [2.75, 3.05) is 37.4 Å². The highest BCUT2D eigenvalue weighted by Crippen LogP contribution is 2.39. The van der Waals surface area contributed by atoms with Crippen LogP contribution >= 0.6 is 0 Å². The first kappa shape index (κ1) is 26.3. The number of nitrogens with one attached hydrogen (secondary N) is 1. The molecule has 0 saturated heterocycles. The van der Waals surface area contributed by atoms with Gasteiger partial charge in [0.2, 0.25) is 10.0 Å². The lowest BCUT2D eigenvalue weighted by Gasteiger charge is -2.21. The molecule has 11 heteroatoms. The summed E-state index contributed by atoms with van der Waals surface area (Å²) in [7, 11) is -2.39. The normalized spacial score (nSPS) is 13.1. The third kappa shape index (κ3) is 5.04. The number of Topliss-reactive ketones (excluding diaryl/α,β-unsaturated/α-hetero) is 1. The summed E-state index contributed by atoms with van der Waals surface area (Å²) in [6.07, 6.45) is 1.37. The van der Waals surface area contributed by atoms with Gasteiger partial charge in [-0.1, -0.05) is 6.92 Å². The van der Waals surface area contributed by atoms with Crippen LogP contribution in [0.15, 0.2) is 18.2 Å². The number of aryl methyl sites for hydroxylation is 1. The molecule has 190 valence electrons. The molecule has 0 saturated carbocycles. The van der Waals surface area contributed by atoms with Crippen LogP contribution in [0.5, 0.6) is 17.2 Å². The molecule has 9 nitrogen and oxygen atoms in total. The molecule has 2 N–H and O–H groups in total. The second kappa shape index (κ2) is 10.1. The number of phenols is 1. The van der Waals surface area contributed by atoms with Crippen LogP contribution < -0.4 is 13.8 Å². The minimum Gasteiger partial charge on any atom is -0.505 e. The molecule has 3 rings (SSSR count). The predicted molar refractivity (Wildman–Crippen MR) is 131 cm³/mol. The SMILES string of the molecule is CCOc1cc2c(c(F)c1OCC)C(=N)N(CC(=O)c1cc(CC)c(O)c(N(C)S(C)(=O)=O)c1)C2. The van der Waals surface area contributed by atoms with Crippen LogP contribution in [0.4, 0.5) is 10.1 Å². The van der Waals surface area contributed by atoms with Crippen molar-refractivity contribution in [3.63, 3.8) is 0 Å². The van der Waals surface area contributed by atoms with Crippen molar-refractivity contribution in [1.29, 1.82) is 5.41 Å². The number of carbonyl (C=O) groups is 1. The van der Waals surface area contributed by atoms with Gasteiger partial charge in [-0.25, -0.2) is 12.8 Å². The zero-order valence-electron chi connectivity index (χ0n) is 20.4. The highest BCUT2D eigenvalue weighted by atomic mass is 32.2. The molecule has 2 aromatic rings. The molecular formula is C24H30FN3O6S. The number of sulfonamides is 1. The predicted octanol–water partition coefficient (Wildman–Crippen LogP) is 3.31. The smallest absolute Gasteiger partial charge is 0.232 e.